The first-order valence-corrected chi connectivity index (χ1v) is 7.16. The lowest BCUT2D eigenvalue weighted by Crippen LogP contribution is -2.27. The number of carbonyl (C=O) groups excluding carboxylic acids is 1. The molecule has 0 spiro atoms. The van der Waals surface area contributed by atoms with Crippen LogP contribution in [0.1, 0.15) is 28.9 Å². The van der Waals surface area contributed by atoms with Crippen LogP contribution in [0.5, 0.6) is 0 Å². The van der Waals surface area contributed by atoms with Crippen LogP contribution < -0.4 is 5.32 Å². The van der Waals surface area contributed by atoms with Crippen LogP contribution in [0.2, 0.25) is 5.02 Å². The number of nitrogens with one attached hydrogen (secondary N) is 1. The predicted octanol–water partition coefficient (Wildman–Crippen LogP) is 4.73. The highest BCUT2D eigenvalue weighted by atomic mass is 79.9. The van der Waals surface area contributed by atoms with Crippen molar-refractivity contribution in [1.29, 1.82) is 0 Å². The van der Waals surface area contributed by atoms with Crippen molar-refractivity contribution in [3.05, 3.63) is 68.9 Å². The molecule has 0 aromatic heterocycles. The summed E-state index contributed by atoms with van der Waals surface area (Å²) in [6, 6.07) is 11.2. The van der Waals surface area contributed by atoms with Gasteiger partial charge >= 0.3 is 0 Å². The predicted molar refractivity (Wildman–Crippen MR) is 81.4 cm³/mol. The summed E-state index contributed by atoms with van der Waals surface area (Å²) in [6.45, 7) is 1.80. The SMILES string of the molecule is CC(NC(=O)c1ccc(Br)cc1F)c1ccccc1Cl. The standard InChI is InChI=1S/C15H12BrClFNO/c1-9(11-4-2-3-5-13(11)17)19-15(20)12-7-6-10(16)8-14(12)18/h2-9H,1H3,(H,19,20). The van der Waals surface area contributed by atoms with Crippen molar-refractivity contribution in [1.82, 2.24) is 5.32 Å². The summed E-state index contributed by atoms with van der Waals surface area (Å²) < 4.78 is 14.3. The first kappa shape index (κ1) is 15.0. The van der Waals surface area contributed by atoms with Crippen molar-refractivity contribution in [2.45, 2.75) is 13.0 Å². The summed E-state index contributed by atoms with van der Waals surface area (Å²) in [6.07, 6.45) is 0. The van der Waals surface area contributed by atoms with Crippen molar-refractivity contribution in [3.63, 3.8) is 0 Å². The number of amides is 1. The summed E-state index contributed by atoms with van der Waals surface area (Å²) >= 11 is 9.22. The third kappa shape index (κ3) is 3.38. The molecule has 0 fully saturated rings. The van der Waals surface area contributed by atoms with E-state index in [4.69, 9.17) is 11.6 Å². The topological polar surface area (TPSA) is 29.1 Å². The van der Waals surface area contributed by atoms with E-state index >= 15 is 0 Å². The molecule has 104 valence electrons. The molecule has 2 aromatic rings. The molecule has 0 radical (unpaired) electrons. The number of rotatable bonds is 3. The summed E-state index contributed by atoms with van der Waals surface area (Å²) in [4.78, 5) is 12.1. The van der Waals surface area contributed by atoms with Gasteiger partial charge in [0, 0.05) is 9.50 Å². The zero-order chi connectivity index (χ0) is 14.7. The van der Waals surface area contributed by atoms with E-state index in [1.165, 1.54) is 12.1 Å². The maximum atomic E-state index is 13.7. The Morgan fingerprint density at radius 3 is 2.65 bits per heavy atom. The average Bonchev–Trinajstić information content (AvgIpc) is 2.38. The van der Waals surface area contributed by atoms with Crippen molar-refractivity contribution in [3.8, 4) is 0 Å². The lowest BCUT2D eigenvalue weighted by atomic mass is 10.1. The second-order valence-electron chi connectivity index (χ2n) is 4.34. The van der Waals surface area contributed by atoms with E-state index in [1.54, 1.807) is 19.1 Å². The van der Waals surface area contributed by atoms with Gasteiger partial charge in [-0.1, -0.05) is 45.7 Å². The molecule has 1 amide bonds. The summed E-state index contributed by atoms with van der Waals surface area (Å²) in [7, 11) is 0. The smallest absolute Gasteiger partial charge is 0.254 e. The number of carbonyl (C=O) groups is 1. The Labute approximate surface area is 130 Å². The number of hydrogen-bond acceptors (Lipinski definition) is 1. The minimum absolute atomic E-state index is 0.00658. The Bertz CT molecular complexity index is 648. The zero-order valence-electron chi connectivity index (χ0n) is 10.7. The van der Waals surface area contributed by atoms with E-state index < -0.39 is 11.7 Å². The Balaban J connectivity index is 2.17. The molecule has 0 bridgehead atoms. The highest BCUT2D eigenvalue weighted by molar-refractivity contribution is 9.10. The van der Waals surface area contributed by atoms with E-state index in [0.29, 0.717) is 9.50 Å². The monoisotopic (exact) mass is 355 g/mol. The highest BCUT2D eigenvalue weighted by Crippen LogP contribution is 2.23. The van der Waals surface area contributed by atoms with Crippen LogP contribution in [0.25, 0.3) is 0 Å². The Hall–Kier alpha value is -1.39. The maximum absolute atomic E-state index is 13.7. The van der Waals surface area contributed by atoms with Crippen LogP contribution in [0, 0.1) is 5.82 Å². The minimum atomic E-state index is -0.566. The molecule has 0 saturated heterocycles. The third-order valence-corrected chi connectivity index (χ3v) is 3.73. The van der Waals surface area contributed by atoms with E-state index in [2.05, 4.69) is 21.2 Å². The van der Waals surface area contributed by atoms with Gasteiger partial charge in [0.15, 0.2) is 0 Å². The number of benzene rings is 2. The van der Waals surface area contributed by atoms with Crippen LogP contribution >= 0.6 is 27.5 Å². The van der Waals surface area contributed by atoms with Crippen LogP contribution in [0.3, 0.4) is 0 Å². The molecule has 5 heteroatoms. The van der Waals surface area contributed by atoms with Gasteiger partial charge in [0.05, 0.1) is 11.6 Å². The van der Waals surface area contributed by atoms with Crippen LogP contribution in [0.15, 0.2) is 46.9 Å². The van der Waals surface area contributed by atoms with Gasteiger partial charge < -0.3 is 5.32 Å². The maximum Gasteiger partial charge on any atom is 0.254 e. The highest BCUT2D eigenvalue weighted by Gasteiger charge is 2.16. The molecule has 1 atom stereocenters. The molecule has 0 aliphatic carbocycles. The molecular weight excluding hydrogens is 345 g/mol. The van der Waals surface area contributed by atoms with Crippen LogP contribution in [-0.4, -0.2) is 5.91 Å². The van der Waals surface area contributed by atoms with Gasteiger partial charge in [0.2, 0.25) is 0 Å². The van der Waals surface area contributed by atoms with Crippen LogP contribution in [-0.2, 0) is 0 Å². The molecule has 20 heavy (non-hydrogen) atoms. The molecule has 0 aliphatic rings. The summed E-state index contributed by atoms with van der Waals surface area (Å²) in [5.41, 5.74) is 0.798. The largest absolute Gasteiger partial charge is 0.345 e. The first-order chi connectivity index (χ1) is 9.49. The lowest BCUT2D eigenvalue weighted by molar-refractivity contribution is 0.0936. The average molecular weight is 357 g/mol. The normalized spacial score (nSPS) is 12.0. The lowest BCUT2D eigenvalue weighted by Gasteiger charge is -2.16. The summed E-state index contributed by atoms with van der Waals surface area (Å²) in [5, 5.41) is 3.30. The Morgan fingerprint density at radius 1 is 1.30 bits per heavy atom. The number of halogens is 3. The summed E-state index contributed by atoms with van der Waals surface area (Å²) in [5.74, 6) is -1.04. The van der Waals surface area contributed by atoms with Crippen LogP contribution in [0.4, 0.5) is 4.39 Å². The van der Waals surface area contributed by atoms with Crippen molar-refractivity contribution in [2.75, 3.05) is 0 Å². The van der Waals surface area contributed by atoms with Gasteiger partial charge in [0.25, 0.3) is 5.91 Å². The molecule has 1 N–H and O–H groups in total. The molecule has 0 saturated carbocycles. The molecule has 0 heterocycles. The van der Waals surface area contributed by atoms with E-state index in [9.17, 15) is 9.18 Å². The van der Waals surface area contributed by atoms with E-state index in [0.717, 1.165) is 5.56 Å². The zero-order valence-corrected chi connectivity index (χ0v) is 13.0. The molecule has 2 aromatic carbocycles. The van der Waals surface area contributed by atoms with Gasteiger partial charge in [-0.2, -0.15) is 0 Å². The third-order valence-electron chi connectivity index (χ3n) is 2.90. The van der Waals surface area contributed by atoms with E-state index in [1.807, 2.05) is 18.2 Å². The van der Waals surface area contributed by atoms with Gasteiger partial charge in [-0.15, -0.1) is 0 Å². The fourth-order valence-corrected chi connectivity index (χ4v) is 2.48. The van der Waals surface area contributed by atoms with Crippen molar-refractivity contribution >= 4 is 33.4 Å². The van der Waals surface area contributed by atoms with Gasteiger partial charge in [-0.3, -0.25) is 4.79 Å². The van der Waals surface area contributed by atoms with Gasteiger partial charge in [-0.05, 0) is 36.8 Å². The van der Waals surface area contributed by atoms with E-state index in [-0.39, 0.29) is 11.6 Å². The van der Waals surface area contributed by atoms with Gasteiger partial charge in [0.1, 0.15) is 5.82 Å². The Kier molecular flexibility index (Phi) is 4.78. The minimum Gasteiger partial charge on any atom is -0.345 e. The second kappa shape index (κ2) is 6.37. The molecule has 1 unspecified atom stereocenters. The fraction of sp³-hybridized carbons (Fsp3) is 0.133. The molecule has 0 aliphatic heterocycles. The fourth-order valence-electron chi connectivity index (χ4n) is 1.85. The van der Waals surface area contributed by atoms with Crippen molar-refractivity contribution < 1.29 is 9.18 Å². The molecule has 2 rings (SSSR count). The first-order valence-electron chi connectivity index (χ1n) is 5.99. The molecule has 2 nitrogen and oxygen atoms in total. The quantitative estimate of drug-likeness (QED) is 0.846. The Morgan fingerprint density at radius 2 is 2.00 bits per heavy atom. The number of hydrogen-bond donors (Lipinski definition) is 1. The molecular formula is C15H12BrClFNO. The van der Waals surface area contributed by atoms with Gasteiger partial charge in [-0.25, -0.2) is 4.39 Å². The van der Waals surface area contributed by atoms with Crippen molar-refractivity contribution in [2.24, 2.45) is 0 Å². The second-order valence-corrected chi connectivity index (χ2v) is 5.66.